The number of para-hydroxylation sites is 1. The molecule has 2 atom stereocenters. The number of aliphatic imine (C=N–C) groups is 2. The molecular weight excluding hydrogens is 520 g/mol. The summed E-state index contributed by atoms with van der Waals surface area (Å²) in [4.78, 5) is 22.5. The van der Waals surface area contributed by atoms with Gasteiger partial charge in [-0.15, -0.1) is 0 Å². The Hall–Kier alpha value is -2.99. The summed E-state index contributed by atoms with van der Waals surface area (Å²) in [7, 11) is 0. The van der Waals surface area contributed by atoms with E-state index >= 15 is 0 Å². The summed E-state index contributed by atoms with van der Waals surface area (Å²) in [5, 5.41) is 25.5. The maximum absolute atomic E-state index is 13.4. The molecule has 188 valence electrons. The summed E-state index contributed by atoms with van der Waals surface area (Å²) in [6, 6.07) is 22.7. The molecule has 3 aromatic carbocycles. The molecule has 0 spiro atoms. The van der Waals surface area contributed by atoms with Crippen LogP contribution in [0.15, 0.2) is 88.8 Å². The largest absolute Gasteiger partial charge is 2.00 e. The average Bonchev–Trinajstić information content (AvgIpc) is 3.33. The van der Waals surface area contributed by atoms with Crippen LogP contribution < -0.4 is 10.2 Å². The molecule has 4 rings (SSSR count). The third kappa shape index (κ3) is 6.61. The standard InChI is InChI=1S/C28H28ClN3O3.Ni/c1-19(28(34)35)30-26(20-10-3-2-4-11-20)22-13-6-8-15-24(22)31-27(33)25-16-9-17-32(25)18-21-12-5-7-14-23(21)29;/h2-8,10-15,19,25H,9,16-18H2,1H3,(H,31,33)(H,34,35);/q;+2/p-2/t19-,25?;/m1./s1. The summed E-state index contributed by atoms with van der Waals surface area (Å²) in [6.07, 6.45) is 1.62. The van der Waals surface area contributed by atoms with E-state index in [1.165, 1.54) is 6.92 Å². The Balaban J connectivity index is 0.00000361. The molecule has 8 heteroatoms. The third-order valence-corrected chi connectivity index (χ3v) is 6.45. The number of rotatable bonds is 8. The average molecular weight is 547 g/mol. The van der Waals surface area contributed by atoms with Gasteiger partial charge in [-0.1, -0.05) is 78.3 Å². The van der Waals surface area contributed by atoms with Crippen molar-refractivity contribution in [1.29, 1.82) is 0 Å². The van der Waals surface area contributed by atoms with Crippen LogP contribution in [0.2, 0.25) is 5.02 Å². The quantitative estimate of drug-likeness (QED) is 0.246. The monoisotopic (exact) mass is 545 g/mol. The van der Waals surface area contributed by atoms with E-state index in [0.29, 0.717) is 28.5 Å². The van der Waals surface area contributed by atoms with Gasteiger partial charge in [0.1, 0.15) is 0 Å². The van der Waals surface area contributed by atoms with Crippen molar-refractivity contribution in [1.82, 2.24) is 4.90 Å². The normalized spacial score (nSPS) is 17.4. The van der Waals surface area contributed by atoms with Crippen LogP contribution in [0.4, 0.5) is 5.69 Å². The maximum Gasteiger partial charge on any atom is 2.00 e. The van der Waals surface area contributed by atoms with Gasteiger partial charge >= 0.3 is 16.5 Å². The topological polar surface area (TPSA) is 91.2 Å². The zero-order chi connectivity index (χ0) is 24.8. The van der Waals surface area contributed by atoms with E-state index in [2.05, 4.69) is 14.9 Å². The number of aliphatic carboxylic acids is 1. The SMILES string of the molecule is C[C@@H](N=C(c1ccccc1)c1ccccc1N=C([O-])C1CCCN1Cc1ccccc1Cl)C(=O)[O-].[Ni+2]. The minimum Gasteiger partial charge on any atom is -0.861 e. The van der Waals surface area contributed by atoms with Crippen LogP contribution in [-0.4, -0.2) is 41.1 Å². The number of hydrogen-bond acceptors (Lipinski definition) is 6. The minimum atomic E-state index is -1.27. The zero-order valence-electron chi connectivity index (χ0n) is 19.7. The van der Waals surface area contributed by atoms with Crippen LogP contribution in [0, 0.1) is 0 Å². The van der Waals surface area contributed by atoms with Crippen LogP contribution >= 0.6 is 11.6 Å². The number of nitrogens with zero attached hydrogens (tertiary/aromatic N) is 3. The predicted molar refractivity (Wildman–Crippen MR) is 135 cm³/mol. The van der Waals surface area contributed by atoms with Gasteiger partial charge in [0, 0.05) is 28.7 Å². The van der Waals surface area contributed by atoms with Crippen molar-refractivity contribution < 1.29 is 31.5 Å². The summed E-state index contributed by atoms with van der Waals surface area (Å²) in [5.41, 5.74) is 3.21. The van der Waals surface area contributed by atoms with Gasteiger partial charge in [-0.3, -0.25) is 14.9 Å². The molecule has 0 N–H and O–H groups in total. The first-order chi connectivity index (χ1) is 16.9. The van der Waals surface area contributed by atoms with Crippen molar-refractivity contribution in [3.8, 4) is 0 Å². The fraction of sp³-hybridized carbons (Fsp3) is 0.250. The van der Waals surface area contributed by atoms with E-state index in [0.717, 1.165) is 30.5 Å². The van der Waals surface area contributed by atoms with Crippen molar-refractivity contribution in [2.24, 2.45) is 9.98 Å². The molecule has 1 aliphatic heterocycles. The fourth-order valence-corrected chi connectivity index (χ4v) is 4.44. The van der Waals surface area contributed by atoms with Crippen LogP contribution in [0.1, 0.15) is 36.5 Å². The second kappa shape index (κ2) is 12.8. The Morgan fingerprint density at radius 2 is 1.69 bits per heavy atom. The van der Waals surface area contributed by atoms with E-state index < -0.39 is 12.0 Å². The Kier molecular flexibility index (Phi) is 9.83. The Bertz CT molecular complexity index is 1250. The number of benzene rings is 3. The number of carbonyl (C=O) groups is 1. The van der Waals surface area contributed by atoms with Crippen LogP contribution in [-0.2, 0) is 27.8 Å². The molecule has 0 aromatic heterocycles. The molecule has 0 radical (unpaired) electrons. The van der Waals surface area contributed by atoms with E-state index in [9.17, 15) is 15.0 Å². The van der Waals surface area contributed by atoms with E-state index in [-0.39, 0.29) is 28.4 Å². The van der Waals surface area contributed by atoms with Gasteiger partial charge in [0.25, 0.3) is 0 Å². The second-order valence-electron chi connectivity index (χ2n) is 8.53. The molecule has 0 bridgehead atoms. The molecule has 0 amide bonds. The van der Waals surface area contributed by atoms with Gasteiger partial charge in [0.2, 0.25) is 0 Å². The van der Waals surface area contributed by atoms with Gasteiger partial charge in [0.05, 0.1) is 23.4 Å². The minimum absolute atomic E-state index is 0. The smallest absolute Gasteiger partial charge is 0.861 e. The van der Waals surface area contributed by atoms with Crippen molar-refractivity contribution in [2.45, 2.75) is 38.4 Å². The van der Waals surface area contributed by atoms with Gasteiger partial charge in [-0.2, -0.15) is 0 Å². The molecule has 1 heterocycles. The van der Waals surface area contributed by atoms with Crippen molar-refractivity contribution >= 4 is 34.9 Å². The van der Waals surface area contributed by atoms with E-state index in [1.807, 2.05) is 60.7 Å². The Morgan fingerprint density at radius 1 is 1.03 bits per heavy atom. The van der Waals surface area contributed by atoms with Gasteiger partial charge in [0.15, 0.2) is 0 Å². The molecule has 1 saturated heterocycles. The zero-order valence-corrected chi connectivity index (χ0v) is 21.5. The van der Waals surface area contributed by atoms with Crippen molar-refractivity contribution in [3.63, 3.8) is 0 Å². The molecule has 1 unspecified atom stereocenters. The molecule has 0 aliphatic carbocycles. The van der Waals surface area contributed by atoms with E-state index in [4.69, 9.17) is 11.6 Å². The number of carboxylic acids is 1. The number of carbonyl (C=O) groups excluding carboxylic acids is 1. The molecule has 1 fully saturated rings. The first kappa shape index (κ1) is 27.6. The summed E-state index contributed by atoms with van der Waals surface area (Å²) >= 11 is 6.34. The van der Waals surface area contributed by atoms with E-state index in [1.54, 1.807) is 18.2 Å². The predicted octanol–water partition coefficient (Wildman–Crippen LogP) is 3.37. The maximum atomic E-state index is 13.4. The fourth-order valence-electron chi connectivity index (χ4n) is 4.25. The number of halogens is 1. The molecular formula is C28H26ClN3NiO3. The van der Waals surface area contributed by atoms with Gasteiger partial charge in [-0.25, -0.2) is 0 Å². The summed E-state index contributed by atoms with van der Waals surface area (Å²) < 4.78 is 0. The third-order valence-electron chi connectivity index (χ3n) is 6.08. The first-order valence-corrected chi connectivity index (χ1v) is 12.0. The molecule has 3 aromatic rings. The number of carboxylic acid groups (broad SMARTS) is 1. The summed E-state index contributed by atoms with van der Waals surface area (Å²) in [5.74, 6) is -1.51. The number of hydrogen-bond donors (Lipinski definition) is 0. The summed E-state index contributed by atoms with van der Waals surface area (Å²) in [6.45, 7) is 2.83. The van der Waals surface area contributed by atoms with Gasteiger partial charge in [-0.05, 0) is 49.9 Å². The second-order valence-corrected chi connectivity index (χ2v) is 8.93. The molecule has 0 saturated carbocycles. The molecule has 1 aliphatic rings. The Morgan fingerprint density at radius 3 is 2.42 bits per heavy atom. The van der Waals surface area contributed by atoms with Crippen molar-refractivity contribution in [3.05, 3.63) is 101 Å². The molecule has 36 heavy (non-hydrogen) atoms. The van der Waals surface area contributed by atoms with Crippen LogP contribution in [0.5, 0.6) is 0 Å². The van der Waals surface area contributed by atoms with Crippen LogP contribution in [0.25, 0.3) is 0 Å². The first-order valence-electron chi connectivity index (χ1n) is 11.6. The van der Waals surface area contributed by atoms with Crippen molar-refractivity contribution in [2.75, 3.05) is 6.54 Å². The number of likely N-dealkylation sites (tertiary alicyclic amines) is 1. The Labute approximate surface area is 226 Å². The van der Waals surface area contributed by atoms with Gasteiger partial charge < -0.3 is 15.0 Å². The van der Waals surface area contributed by atoms with Crippen LogP contribution in [0.3, 0.4) is 0 Å². The molecule has 6 nitrogen and oxygen atoms in total.